The number of nitriles is 4. The van der Waals surface area contributed by atoms with Crippen LogP contribution in [-0.2, 0) is 0 Å². The summed E-state index contributed by atoms with van der Waals surface area (Å²) < 4.78 is 0. The maximum absolute atomic E-state index is 8.46. The third-order valence-electron chi connectivity index (χ3n) is 2.56. The molecule has 102 valence electrons. The summed E-state index contributed by atoms with van der Waals surface area (Å²) in [5.74, 6) is 1.42. The van der Waals surface area contributed by atoms with Crippen LogP contribution in [0.25, 0.3) is 5.41 Å². The minimum absolute atomic E-state index is 0.477. The number of hydrogen-bond acceptors (Lipinski definition) is 4. The monoisotopic (exact) mass is 268 g/mol. The number of nitrogens with zero attached hydrogens (tertiary/aromatic N) is 5. The Bertz CT molecular complexity index is 527. The molecule has 0 radical (unpaired) electrons. The van der Waals surface area contributed by atoms with Crippen molar-refractivity contribution in [3.63, 3.8) is 0 Å². The van der Waals surface area contributed by atoms with Crippen LogP contribution in [0.4, 0.5) is 0 Å². The van der Waals surface area contributed by atoms with Gasteiger partial charge in [-0.05, 0) is 20.8 Å². The van der Waals surface area contributed by atoms with Crippen molar-refractivity contribution >= 4 is 5.87 Å². The molecular weight excluding hydrogens is 252 g/mol. The van der Waals surface area contributed by atoms with E-state index < -0.39 is 16.7 Å². The molecule has 6 nitrogen and oxygen atoms in total. The van der Waals surface area contributed by atoms with Crippen LogP contribution in [0.5, 0.6) is 0 Å². The van der Waals surface area contributed by atoms with E-state index in [2.05, 4.69) is 20.8 Å². The highest BCUT2D eigenvalue weighted by Gasteiger charge is 2.08. The second-order valence-electron chi connectivity index (χ2n) is 3.49. The molecule has 0 heterocycles. The van der Waals surface area contributed by atoms with E-state index in [4.69, 9.17) is 26.5 Å². The lowest BCUT2D eigenvalue weighted by Crippen LogP contribution is -3.11. The summed E-state index contributed by atoms with van der Waals surface area (Å²) >= 11 is 0. The zero-order valence-electron chi connectivity index (χ0n) is 11.9. The van der Waals surface area contributed by atoms with Gasteiger partial charge >= 0.3 is 0 Å². The van der Waals surface area contributed by atoms with Crippen LogP contribution in [0.1, 0.15) is 20.8 Å². The number of quaternary nitrogens is 1. The van der Waals surface area contributed by atoms with E-state index in [9.17, 15) is 0 Å². The quantitative estimate of drug-likeness (QED) is 0.452. The van der Waals surface area contributed by atoms with Gasteiger partial charge < -0.3 is 10.3 Å². The normalized spacial score (nSPS) is 7.60. The highest BCUT2D eigenvalue weighted by molar-refractivity contribution is 5.77. The molecule has 0 amide bonds. The lowest BCUT2D eigenvalue weighted by atomic mass is 10.1. The van der Waals surface area contributed by atoms with Gasteiger partial charge in [0.05, 0.1) is 25.2 Å². The van der Waals surface area contributed by atoms with Gasteiger partial charge in [0.1, 0.15) is 35.4 Å². The predicted octanol–water partition coefficient (Wildman–Crippen LogP) is 0.474. The molecule has 0 fully saturated rings. The van der Waals surface area contributed by atoms with Gasteiger partial charge in [0.25, 0.3) is 0 Å². The van der Waals surface area contributed by atoms with E-state index in [1.165, 1.54) is 49.8 Å². The van der Waals surface area contributed by atoms with E-state index in [-0.39, 0.29) is 0 Å². The highest BCUT2D eigenvalue weighted by Crippen LogP contribution is 2.09. The SMILES string of the molecule is CC[NH+](CC)CC.N#CC(=C=[N-])C(C#N)=C(C#N)C#N. The third kappa shape index (κ3) is 6.75. The first kappa shape index (κ1) is 19.4. The Morgan fingerprint density at radius 2 is 1.30 bits per heavy atom. The van der Waals surface area contributed by atoms with Crippen LogP contribution in [-0.4, -0.2) is 25.5 Å². The maximum atomic E-state index is 8.46. The van der Waals surface area contributed by atoms with Gasteiger partial charge in [-0.2, -0.15) is 21.0 Å². The molecule has 0 unspecified atom stereocenters. The number of allylic oxidation sites excluding steroid dienone is 3. The van der Waals surface area contributed by atoms with Crippen molar-refractivity contribution in [2.45, 2.75) is 20.8 Å². The molecular formula is C14H16N6. The van der Waals surface area contributed by atoms with Crippen LogP contribution in [0.2, 0.25) is 0 Å². The number of hydrogen-bond donors (Lipinski definition) is 1. The van der Waals surface area contributed by atoms with E-state index in [0.29, 0.717) is 0 Å². The average Bonchev–Trinajstić information content (AvgIpc) is 2.50. The molecule has 20 heavy (non-hydrogen) atoms. The highest BCUT2D eigenvalue weighted by atomic mass is 15.1. The number of rotatable bonds is 4. The van der Waals surface area contributed by atoms with Gasteiger partial charge in [0.15, 0.2) is 0 Å². The van der Waals surface area contributed by atoms with Gasteiger partial charge in [-0.15, -0.1) is 0 Å². The van der Waals surface area contributed by atoms with Crippen molar-refractivity contribution in [3.8, 4) is 24.3 Å². The molecule has 0 aliphatic carbocycles. The zero-order valence-corrected chi connectivity index (χ0v) is 11.9. The van der Waals surface area contributed by atoms with Crippen molar-refractivity contribution in [3.05, 3.63) is 22.1 Å². The van der Waals surface area contributed by atoms with E-state index in [1.54, 1.807) is 4.90 Å². The summed E-state index contributed by atoms with van der Waals surface area (Å²) in [5.41, 5.74) is -1.53. The maximum Gasteiger partial charge on any atom is 0.149 e. The molecule has 0 aromatic carbocycles. The summed E-state index contributed by atoms with van der Waals surface area (Å²) in [6.07, 6.45) is 0. The van der Waals surface area contributed by atoms with Gasteiger partial charge in [-0.25, -0.2) is 5.87 Å². The summed E-state index contributed by atoms with van der Waals surface area (Å²) in [6, 6.07) is 5.73. The van der Waals surface area contributed by atoms with Crippen LogP contribution < -0.4 is 4.90 Å². The molecule has 1 N–H and O–H groups in total. The largest absolute Gasteiger partial charge is 0.762 e. The Hall–Kier alpha value is -2.89. The van der Waals surface area contributed by atoms with Crippen molar-refractivity contribution in [2.24, 2.45) is 0 Å². The lowest BCUT2D eigenvalue weighted by molar-refractivity contribution is -0.894. The minimum atomic E-state index is -0.527. The van der Waals surface area contributed by atoms with Crippen molar-refractivity contribution in [2.75, 3.05) is 19.6 Å². The third-order valence-corrected chi connectivity index (χ3v) is 2.56. The molecule has 0 bridgehead atoms. The number of nitrogens with one attached hydrogen (secondary N) is 1. The van der Waals surface area contributed by atoms with Crippen LogP contribution in [0, 0.1) is 45.3 Å². The van der Waals surface area contributed by atoms with Gasteiger partial charge in [0, 0.05) is 0 Å². The first-order valence-electron chi connectivity index (χ1n) is 6.05. The predicted molar refractivity (Wildman–Crippen MR) is 73.9 cm³/mol. The van der Waals surface area contributed by atoms with Gasteiger partial charge in [-0.1, -0.05) is 0 Å². The summed E-state index contributed by atoms with van der Waals surface area (Å²) in [7, 11) is 0. The van der Waals surface area contributed by atoms with E-state index >= 15 is 0 Å². The van der Waals surface area contributed by atoms with Crippen LogP contribution >= 0.6 is 0 Å². The standard InChI is InChI=1S/C8N5.C6H15N/c9-1-6(2-10)8(5-13)7(3-11)4-12;1-4-7(5-2)6-3/h;4-6H2,1-3H3/q-1;/p+1. The van der Waals surface area contributed by atoms with Crippen LogP contribution in [0.15, 0.2) is 16.7 Å². The van der Waals surface area contributed by atoms with E-state index in [0.717, 1.165) is 0 Å². The second-order valence-corrected chi connectivity index (χ2v) is 3.49. The van der Waals surface area contributed by atoms with Gasteiger partial charge in [0.2, 0.25) is 0 Å². The molecule has 0 spiro atoms. The molecule has 0 atom stereocenters. The van der Waals surface area contributed by atoms with Crippen molar-refractivity contribution < 1.29 is 4.90 Å². The molecule has 0 rings (SSSR count). The fourth-order valence-corrected chi connectivity index (χ4v) is 1.26. The second kappa shape index (κ2) is 12.6. The first-order valence-corrected chi connectivity index (χ1v) is 6.05. The van der Waals surface area contributed by atoms with E-state index in [1.807, 2.05) is 0 Å². The Balaban J connectivity index is 0. The fraction of sp³-hybridized carbons (Fsp3) is 0.429. The smallest absolute Gasteiger partial charge is 0.149 e. The summed E-state index contributed by atoms with van der Waals surface area (Å²) in [4.78, 5) is 1.68. The summed E-state index contributed by atoms with van der Waals surface area (Å²) in [6.45, 7) is 10.5. The van der Waals surface area contributed by atoms with Crippen LogP contribution in [0.3, 0.4) is 0 Å². The van der Waals surface area contributed by atoms with Crippen molar-refractivity contribution in [1.82, 2.24) is 0 Å². The topological polar surface area (TPSA) is 122 Å². The molecule has 0 aliphatic rings. The Labute approximate surface area is 119 Å². The summed E-state index contributed by atoms with van der Waals surface area (Å²) in [5, 5.41) is 41.9. The molecule has 0 aromatic rings. The minimum Gasteiger partial charge on any atom is -0.762 e. The molecule has 0 aliphatic heterocycles. The Morgan fingerprint density at radius 3 is 1.45 bits per heavy atom. The first-order chi connectivity index (χ1) is 9.59. The average molecular weight is 268 g/mol. The molecule has 0 aromatic heterocycles. The Kier molecular flexibility index (Phi) is 12.2. The molecule has 0 saturated carbocycles. The fourth-order valence-electron chi connectivity index (χ4n) is 1.26. The molecule has 0 saturated heterocycles. The van der Waals surface area contributed by atoms with Crippen molar-refractivity contribution in [1.29, 1.82) is 21.0 Å². The molecule has 6 heteroatoms. The van der Waals surface area contributed by atoms with Gasteiger partial charge in [-0.3, -0.25) is 0 Å². The zero-order chi connectivity index (χ0) is 16.0. The Morgan fingerprint density at radius 1 is 0.850 bits per heavy atom. The lowest BCUT2D eigenvalue weighted by Gasteiger charge is -2.10.